The van der Waals surface area contributed by atoms with Gasteiger partial charge in [0.15, 0.2) is 0 Å². The second-order valence-corrected chi connectivity index (χ2v) is 4.95. The van der Waals surface area contributed by atoms with Gasteiger partial charge < -0.3 is 42.2 Å². The number of hydrogen-bond acceptors (Lipinski definition) is 1. The summed E-state index contributed by atoms with van der Waals surface area (Å²) in [5, 5.41) is 8.63. The molecule has 120 valence electrons. The Kier molecular flexibility index (Phi) is 57.2. The summed E-state index contributed by atoms with van der Waals surface area (Å²) in [5.41, 5.74) is 0. The Morgan fingerprint density at radius 1 is 0.750 bits per heavy atom. The molecule has 2 rings (SSSR count). The van der Waals surface area contributed by atoms with Crippen LogP contribution in [0.3, 0.4) is 0 Å². The van der Waals surface area contributed by atoms with E-state index in [0.29, 0.717) is 5.75 Å². The maximum absolute atomic E-state index is 8.63. The van der Waals surface area contributed by atoms with Gasteiger partial charge in [-0.1, -0.05) is 18.2 Å². The first-order chi connectivity index (χ1) is 7.31. The molecule has 0 bridgehead atoms. The zero-order valence-electron chi connectivity index (χ0n) is 13.0. The van der Waals surface area contributed by atoms with E-state index in [9.17, 15) is 0 Å². The molecule has 0 saturated carbocycles. The van der Waals surface area contributed by atoms with Crippen LogP contribution < -0.4 is 0 Å². The molecule has 0 fully saturated rings. The molecule has 1 N–H and O–H groups in total. The predicted octanol–water partition coefficient (Wildman–Crippen LogP) is 6.43. The van der Waals surface area contributed by atoms with Crippen molar-refractivity contribution in [2.45, 2.75) is 0 Å². The van der Waals surface area contributed by atoms with Gasteiger partial charge in [0, 0.05) is 0 Å². The summed E-state index contributed by atoms with van der Waals surface area (Å²) in [6, 6.07) is 18.7. The second-order valence-electron chi connectivity index (χ2n) is 2.37. The van der Waals surface area contributed by atoms with Crippen LogP contribution in [0.1, 0.15) is 0 Å². The summed E-state index contributed by atoms with van der Waals surface area (Å²) >= 11 is -0.556. The van der Waals surface area contributed by atoms with Crippen LogP contribution in [0, 0.1) is 37.1 Å². The summed E-state index contributed by atoms with van der Waals surface area (Å²) in [4.78, 5) is 0. The molecular formula is C16H26Cl2OTi-6. The average molecular weight is 353 g/mol. The largest absolute Gasteiger partial charge is 0.214 e. The summed E-state index contributed by atoms with van der Waals surface area (Å²) in [6.45, 7) is 0. The molecule has 0 radical (unpaired) electrons. The molecule has 0 aliphatic carbocycles. The molecule has 0 heterocycles. The molecule has 2 aromatic rings. The zero-order valence-corrected chi connectivity index (χ0v) is 16.1. The first-order valence-corrected chi connectivity index (χ1v) is 8.48. The van der Waals surface area contributed by atoms with E-state index in [1.54, 1.807) is 24.3 Å². The molecule has 0 amide bonds. The van der Waals surface area contributed by atoms with Crippen molar-refractivity contribution in [2.75, 3.05) is 0 Å². The van der Waals surface area contributed by atoms with Crippen molar-refractivity contribution in [3.63, 3.8) is 0 Å². The standard InChI is InChI=1S/C6H6O.C5H5.5CH3.2ClH.Ti/c7-6-4-2-1-3-5-6;1-2-4-5-3-1;;;;;;;;/h1-5,7H;1-5H;5*1H3;2*1H;/q;6*-1;;;+2/p-2. The van der Waals surface area contributed by atoms with Crippen LogP contribution in [0.5, 0.6) is 5.75 Å². The smallest absolute Gasteiger partial charge is 0.172 e. The quantitative estimate of drug-likeness (QED) is 0.428. The number of phenols is 1. The molecule has 20 heavy (non-hydrogen) atoms. The van der Waals surface area contributed by atoms with Gasteiger partial charge in [-0.25, -0.2) is 12.1 Å². The Morgan fingerprint density at radius 2 is 1.10 bits per heavy atom. The van der Waals surface area contributed by atoms with E-state index >= 15 is 0 Å². The topological polar surface area (TPSA) is 20.2 Å². The van der Waals surface area contributed by atoms with Crippen LogP contribution >= 0.6 is 18.6 Å². The fraction of sp³-hybridized carbons (Fsp3) is 0. The number of benzene rings is 1. The van der Waals surface area contributed by atoms with Gasteiger partial charge in [0.1, 0.15) is 5.75 Å². The molecule has 0 saturated heterocycles. The Bertz CT molecular complexity index is 282. The van der Waals surface area contributed by atoms with Crippen molar-refractivity contribution in [1.82, 2.24) is 0 Å². The minimum absolute atomic E-state index is 0. The van der Waals surface area contributed by atoms with E-state index in [1.165, 1.54) is 0 Å². The second kappa shape index (κ2) is 31.2. The van der Waals surface area contributed by atoms with Crippen molar-refractivity contribution in [2.24, 2.45) is 0 Å². The molecule has 0 spiro atoms. The molecule has 0 aliphatic rings. The first kappa shape index (κ1) is 36.7. The van der Waals surface area contributed by atoms with Crippen molar-refractivity contribution >= 4 is 18.6 Å². The van der Waals surface area contributed by atoms with E-state index < -0.39 is 17.0 Å². The minimum Gasteiger partial charge on any atom is -0.214 e. The number of aromatic hydroxyl groups is 1. The molecule has 1 nitrogen and oxygen atoms in total. The van der Waals surface area contributed by atoms with Crippen LogP contribution in [0.4, 0.5) is 0 Å². The monoisotopic (exact) mass is 352 g/mol. The van der Waals surface area contributed by atoms with E-state index in [1.807, 2.05) is 36.4 Å². The van der Waals surface area contributed by atoms with Gasteiger partial charge in [0.2, 0.25) is 0 Å². The number of rotatable bonds is 0. The summed E-state index contributed by atoms with van der Waals surface area (Å²) in [6.07, 6.45) is 0. The Balaban J connectivity index is -0.0000000346. The molecule has 0 aromatic heterocycles. The predicted molar refractivity (Wildman–Crippen MR) is 93.9 cm³/mol. The normalized spacial score (nSPS) is 5.70. The van der Waals surface area contributed by atoms with E-state index in [0.717, 1.165) is 0 Å². The van der Waals surface area contributed by atoms with Gasteiger partial charge in [-0.05, 0) is 12.1 Å². The van der Waals surface area contributed by atoms with Gasteiger partial charge in [-0.3, -0.25) is 0 Å². The molecule has 4 heteroatoms. The molecule has 0 aliphatic heterocycles. The van der Waals surface area contributed by atoms with Crippen molar-refractivity contribution in [3.8, 4) is 5.75 Å². The number of halogens is 2. The Morgan fingerprint density at radius 3 is 1.25 bits per heavy atom. The minimum atomic E-state index is -0.556. The Hall–Kier alpha value is -0.336. The van der Waals surface area contributed by atoms with Gasteiger partial charge in [0.25, 0.3) is 0 Å². The maximum Gasteiger partial charge on any atom is -0.172 e. The fourth-order valence-electron chi connectivity index (χ4n) is 0.749. The fourth-order valence-corrected chi connectivity index (χ4v) is 0.749. The average Bonchev–Trinajstić information content (AvgIpc) is 2.78. The zero-order chi connectivity index (χ0) is 11.4. The van der Waals surface area contributed by atoms with E-state index in [2.05, 4.69) is 0 Å². The van der Waals surface area contributed by atoms with Gasteiger partial charge in [-0.2, -0.15) is 18.2 Å². The maximum atomic E-state index is 8.63. The van der Waals surface area contributed by atoms with Gasteiger partial charge >= 0.3 is 35.6 Å². The third kappa shape index (κ3) is 30.6. The van der Waals surface area contributed by atoms with Crippen LogP contribution in [0.15, 0.2) is 60.7 Å². The molecular weight excluding hydrogens is 327 g/mol. The van der Waals surface area contributed by atoms with Crippen LogP contribution in [0.25, 0.3) is 0 Å². The Labute approximate surface area is 144 Å². The van der Waals surface area contributed by atoms with Crippen molar-refractivity contribution in [1.29, 1.82) is 0 Å². The van der Waals surface area contributed by atoms with Crippen molar-refractivity contribution in [3.05, 3.63) is 97.8 Å². The number of phenolic OH excluding ortho intramolecular Hbond substituents is 1. The summed E-state index contributed by atoms with van der Waals surface area (Å²) < 4.78 is 0. The SMILES string of the molecule is Oc1ccccc1.[CH3-].[CH3-].[CH3-].[CH3-].[CH3-].[Cl][Ti][Cl].c1cc[cH-]c1. The van der Waals surface area contributed by atoms with Gasteiger partial charge in [-0.15, -0.1) is 0 Å². The number of para-hydroxylation sites is 1. The molecule has 0 atom stereocenters. The summed E-state index contributed by atoms with van der Waals surface area (Å²) in [5.74, 6) is 0.322. The van der Waals surface area contributed by atoms with Crippen LogP contribution in [0.2, 0.25) is 0 Å². The van der Waals surface area contributed by atoms with Gasteiger partial charge in [0.05, 0.1) is 0 Å². The third-order valence-corrected chi connectivity index (χ3v) is 1.31. The van der Waals surface area contributed by atoms with Crippen LogP contribution in [-0.2, 0) is 17.0 Å². The molecule has 0 unspecified atom stereocenters. The van der Waals surface area contributed by atoms with Crippen molar-refractivity contribution < 1.29 is 22.1 Å². The molecule has 2 aromatic carbocycles. The third-order valence-electron chi connectivity index (χ3n) is 1.31. The van der Waals surface area contributed by atoms with Crippen LogP contribution in [-0.4, -0.2) is 5.11 Å². The van der Waals surface area contributed by atoms with E-state index in [-0.39, 0.29) is 37.1 Å². The number of hydrogen-bond donors (Lipinski definition) is 1. The first-order valence-electron chi connectivity index (χ1n) is 4.18. The summed E-state index contributed by atoms with van der Waals surface area (Å²) in [7, 11) is 9.78. The van der Waals surface area contributed by atoms with E-state index in [4.69, 9.17) is 23.7 Å².